The van der Waals surface area contributed by atoms with Crippen molar-refractivity contribution in [2.75, 3.05) is 0 Å². The van der Waals surface area contributed by atoms with Gasteiger partial charge in [0, 0.05) is 18.0 Å². The second-order valence-corrected chi connectivity index (χ2v) is 5.83. The quantitative estimate of drug-likeness (QED) is 0.727. The molecule has 2 amide bonds. The number of urea groups is 1. The molecule has 3 atom stereocenters. The number of hydrogen-bond donors (Lipinski definition) is 3. The Morgan fingerprint density at radius 2 is 1.85 bits per heavy atom. The normalized spacial score (nSPS) is 25.9. The van der Waals surface area contributed by atoms with Gasteiger partial charge in [0.15, 0.2) is 5.78 Å². The lowest BCUT2D eigenvalue weighted by molar-refractivity contribution is -0.287. The van der Waals surface area contributed by atoms with Crippen LogP contribution in [0.25, 0.3) is 0 Å². The first kappa shape index (κ1) is 17.9. The van der Waals surface area contributed by atoms with Crippen molar-refractivity contribution >= 4 is 11.8 Å². The predicted octanol–water partition coefficient (Wildman–Crippen LogP) is 2.19. The highest BCUT2D eigenvalue weighted by molar-refractivity contribution is 6.00. The van der Waals surface area contributed by atoms with E-state index < -0.39 is 35.7 Å². The second kappa shape index (κ2) is 6.41. The summed E-state index contributed by atoms with van der Waals surface area (Å²) < 4.78 is 41.0. The van der Waals surface area contributed by atoms with Gasteiger partial charge >= 0.3 is 12.2 Å². The minimum Gasteiger partial charge on any atom is -0.363 e. The molecule has 1 aliphatic rings. The Hall–Kier alpha value is -2.94. The monoisotopic (exact) mass is 365 g/mol. The van der Waals surface area contributed by atoms with Crippen LogP contribution in [0.4, 0.5) is 18.0 Å². The number of pyridine rings is 1. The number of amides is 2. The highest BCUT2D eigenvalue weighted by Gasteiger charge is 2.66. The van der Waals surface area contributed by atoms with Crippen LogP contribution in [0.2, 0.25) is 0 Å². The number of alkyl halides is 3. The minimum absolute atomic E-state index is 0.0213. The van der Waals surface area contributed by atoms with Crippen molar-refractivity contribution in [3.05, 3.63) is 66.0 Å². The number of nitrogens with one attached hydrogen (secondary N) is 2. The molecule has 1 fully saturated rings. The van der Waals surface area contributed by atoms with Crippen LogP contribution < -0.4 is 10.6 Å². The van der Waals surface area contributed by atoms with Gasteiger partial charge in [-0.2, -0.15) is 13.2 Å². The maximum atomic E-state index is 13.7. The van der Waals surface area contributed by atoms with E-state index in [1.165, 1.54) is 54.1 Å². The number of Topliss-reactive ketones (excluding diaryl/α,β-unsaturated/α-hetero) is 1. The second-order valence-electron chi connectivity index (χ2n) is 5.83. The average Bonchev–Trinajstić information content (AvgIpc) is 2.61. The predicted molar refractivity (Wildman–Crippen MR) is 83.9 cm³/mol. The molecule has 3 N–H and O–H groups in total. The van der Waals surface area contributed by atoms with Crippen LogP contribution in [0.5, 0.6) is 0 Å². The fraction of sp³-hybridized carbons (Fsp3) is 0.235. The number of carbonyl (C=O) groups is 2. The number of aromatic nitrogens is 1. The summed E-state index contributed by atoms with van der Waals surface area (Å²) in [5.74, 6) is -3.02. The van der Waals surface area contributed by atoms with Crippen LogP contribution in [-0.2, 0) is 0 Å². The van der Waals surface area contributed by atoms with Crippen molar-refractivity contribution in [3.63, 3.8) is 0 Å². The maximum Gasteiger partial charge on any atom is 0.437 e. The Bertz CT molecular complexity index is 814. The third kappa shape index (κ3) is 3.01. The minimum atomic E-state index is -5.28. The van der Waals surface area contributed by atoms with E-state index in [1.807, 2.05) is 0 Å². The van der Waals surface area contributed by atoms with Gasteiger partial charge in [-0.1, -0.05) is 36.4 Å². The smallest absolute Gasteiger partial charge is 0.363 e. The Labute approximate surface area is 146 Å². The van der Waals surface area contributed by atoms with Crippen molar-refractivity contribution in [3.8, 4) is 0 Å². The van der Waals surface area contributed by atoms with Gasteiger partial charge in [-0.15, -0.1) is 0 Å². The molecule has 1 saturated heterocycles. The summed E-state index contributed by atoms with van der Waals surface area (Å²) in [6, 6.07) is 7.50. The van der Waals surface area contributed by atoms with Crippen LogP contribution in [-0.4, -0.2) is 33.8 Å². The molecule has 26 heavy (non-hydrogen) atoms. The highest BCUT2D eigenvalue weighted by atomic mass is 19.4. The van der Waals surface area contributed by atoms with Gasteiger partial charge in [-0.3, -0.25) is 9.78 Å². The summed E-state index contributed by atoms with van der Waals surface area (Å²) in [5, 5.41) is 14.1. The zero-order valence-corrected chi connectivity index (χ0v) is 13.2. The Balaban J connectivity index is 2.15. The van der Waals surface area contributed by atoms with Gasteiger partial charge in [0.1, 0.15) is 5.92 Å². The molecule has 1 aliphatic heterocycles. The number of halogens is 3. The van der Waals surface area contributed by atoms with E-state index in [-0.39, 0.29) is 11.1 Å². The Morgan fingerprint density at radius 1 is 1.15 bits per heavy atom. The van der Waals surface area contributed by atoms with E-state index in [4.69, 9.17) is 0 Å². The van der Waals surface area contributed by atoms with Crippen molar-refractivity contribution in [2.45, 2.75) is 17.9 Å². The fourth-order valence-electron chi connectivity index (χ4n) is 2.96. The highest BCUT2D eigenvalue weighted by Crippen LogP contribution is 2.43. The molecule has 2 aromatic rings. The van der Waals surface area contributed by atoms with Crippen molar-refractivity contribution in [1.29, 1.82) is 0 Å². The van der Waals surface area contributed by atoms with Crippen LogP contribution >= 0.6 is 0 Å². The van der Waals surface area contributed by atoms with E-state index in [9.17, 15) is 27.9 Å². The van der Waals surface area contributed by atoms with Gasteiger partial charge in [-0.25, -0.2) is 4.79 Å². The summed E-state index contributed by atoms with van der Waals surface area (Å²) in [5.41, 5.74) is -3.59. The molecule has 9 heteroatoms. The SMILES string of the molecule is O=C1N[C@H](c2cccnc2)[C@H](C(=O)c2ccccc2)[C@@](O)(C(F)(F)F)N1. The first-order valence-corrected chi connectivity index (χ1v) is 7.61. The number of carbonyl (C=O) groups excluding carboxylic acids is 2. The van der Waals surface area contributed by atoms with Crippen LogP contribution in [0.15, 0.2) is 54.9 Å². The molecule has 1 aromatic carbocycles. The van der Waals surface area contributed by atoms with Crippen LogP contribution in [0, 0.1) is 5.92 Å². The van der Waals surface area contributed by atoms with Crippen LogP contribution in [0.1, 0.15) is 22.0 Å². The molecular formula is C17H14F3N3O3. The lowest BCUT2D eigenvalue weighted by Crippen LogP contribution is -2.72. The first-order chi connectivity index (χ1) is 12.2. The summed E-state index contributed by atoms with van der Waals surface area (Å²) in [6.45, 7) is 0. The number of aliphatic hydroxyl groups is 1. The third-order valence-electron chi connectivity index (χ3n) is 4.19. The molecule has 0 saturated carbocycles. The van der Waals surface area contributed by atoms with Crippen molar-refractivity contribution < 1.29 is 27.9 Å². The van der Waals surface area contributed by atoms with E-state index >= 15 is 0 Å². The van der Waals surface area contributed by atoms with E-state index in [0.717, 1.165) is 0 Å². The summed E-state index contributed by atoms with van der Waals surface area (Å²) >= 11 is 0. The maximum absolute atomic E-state index is 13.7. The topological polar surface area (TPSA) is 91.3 Å². The van der Waals surface area contributed by atoms with Gasteiger partial charge < -0.3 is 15.7 Å². The Morgan fingerprint density at radius 3 is 2.42 bits per heavy atom. The molecule has 0 bridgehead atoms. The molecule has 0 spiro atoms. The number of rotatable bonds is 3. The molecule has 136 valence electrons. The van der Waals surface area contributed by atoms with Gasteiger partial charge in [0.25, 0.3) is 0 Å². The van der Waals surface area contributed by atoms with Crippen LogP contribution in [0.3, 0.4) is 0 Å². The molecule has 3 rings (SSSR count). The molecule has 2 heterocycles. The van der Waals surface area contributed by atoms with Crippen molar-refractivity contribution in [2.24, 2.45) is 5.92 Å². The van der Waals surface area contributed by atoms with E-state index in [2.05, 4.69) is 10.3 Å². The molecule has 0 radical (unpaired) electrons. The fourth-order valence-corrected chi connectivity index (χ4v) is 2.96. The summed E-state index contributed by atoms with van der Waals surface area (Å²) in [6.07, 6.45) is -2.64. The first-order valence-electron chi connectivity index (χ1n) is 7.61. The largest absolute Gasteiger partial charge is 0.437 e. The summed E-state index contributed by atoms with van der Waals surface area (Å²) in [7, 11) is 0. The van der Waals surface area contributed by atoms with E-state index in [1.54, 1.807) is 6.07 Å². The number of hydrogen-bond acceptors (Lipinski definition) is 4. The van der Waals surface area contributed by atoms with Gasteiger partial charge in [0.05, 0.1) is 6.04 Å². The Kier molecular flexibility index (Phi) is 4.41. The van der Waals surface area contributed by atoms with E-state index in [0.29, 0.717) is 0 Å². The molecule has 1 aromatic heterocycles. The molecule has 6 nitrogen and oxygen atoms in total. The zero-order valence-electron chi connectivity index (χ0n) is 13.2. The standard InChI is InChI=1S/C17H14F3N3O3/c18-17(19,20)16(26)12(14(24)10-5-2-1-3-6-10)13(22-15(25)23-16)11-7-4-8-21-9-11/h1-9,12-13,26H,(H2,22,23,25)/t12-,13-,16-/m1/s1. The zero-order chi connectivity index (χ0) is 18.9. The lowest BCUT2D eigenvalue weighted by atomic mass is 9.77. The molecule has 0 aliphatic carbocycles. The number of ketones is 1. The van der Waals surface area contributed by atoms with Gasteiger partial charge in [0.2, 0.25) is 5.72 Å². The third-order valence-corrected chi connectivity index (χ3v) is 4.19. The van der Waals surface area contributed by atoms with Gasteiger partial charge in [-0.05, 0) is 11.6 Å². The molecule has 0 unspecified atom stereocenters. The lowest BCUT2D eigenvalue weighted by Gasteiger charge is -2.44. The molecular weight excluding hydrogens is 351 g/mol. The summed E-state index contributed by atoms with van der Waals surface area (Å²) in [4.78, 5) is 28.5. The number of benzene rings is 1. The van der Waals surface area contributed by atoms with Crippen molar-refractivity contribution in [1.82, 2.24) is 15.6 Å². The number of nitrogens with zero attached hydrogens (tertiary/aromatic N) is 1. The average molecular weight is 365 g/mol.